The summed E-state index contributed by atoms with van der Waals surface area (Å²) in [5.74, 6) is 0.849. The zero-order valence-electron chi connectivity index (χ0n) is 14.7. The molecule has 2 fully saturated rings. The molecule has 0 aromatic carbocycles. The number of ether oxygens (including phenoxy) is 1. The van der Waals surface area contributed by atoms with Crippen LogP contribution < -0.4 is 0 Å². The van der Waals surface area contributed by atoms with Crippen LogP contribution in [0.25, 0.3) is 0 Å². The third-order valence-corrected chi connectivity index (χ3v) is 5.06. The van der Waals surface area contributed by atoms with Crippen molar-refractivity contribution in [1.82, 2.24) is 14.8 Å². The van der Waals surface area contributed by atoms with Crippen LogP contribution in [0.2, 0.25) is 0 Å². The van der Waals surface area contributed by atoms with Crippen LogP contribution in [0.5, 0.6) is 0 Å². The fraction of sp³-hybridized carbons (Fsp3) is 0.684. The second-order valence-corrected chi connectivity index (χ2v) is 7.25. The minimum atomic E-state index is 0.151. The molecule has 1 aromatic heterocycles. The molecule has 0 N–H and O–H groups in total. The minimum absolute atomic E-state index is 0.151. The minimum Gasteiger partial charge on any atom is -0.378 e. The normalized spacial score (nSPS) is 24.5. The van der Waals surface area contributed by atoms with Gasteiger partial charge in [-0.25, -0.2) is 0 Å². The third-order valence-electron chi connectivity index (χ3n) is 5.06. The molecule has 132 valence electrons. The SMILES string of the molecule is CN(Cc1cccnc1)CC1CCN(C(=O)CC2CCCCO2)C1. The Labute approximate surface area is 145 Å². The maximum Gasteiger partial charge on any atom is 0.225 e. The smallest absolute Gasteiger partial charge is 0.225 e. The Morgan fingerprint density at radius 2 is 2.33 bits per heavy atom. The highest BCUT2D eigenvalue weighted by Gasteiger charge is 2.29. The summed E-state index contributed by atoms with van der Waals surface area (Å²) in [5.41, 5.74) is 1.24. The zero-order chi connectivity index (χ0) is 16.8. The topological polar surface area (TPSA) is 45.7 Å². The second kappa shape index (κ2) is 8.58. The number of rotatable bonds is 6. The van der Waals surface area contributed by atoms with Gasteiger partial charge in [-0.2, -0.15) is 0 Å². The summed E-state index contributed by atoms with van der Waals surface area (Å²) in [5, 5.41) is 0. The van der Waals surface area contributed by atoms with E-state index < -0.39 is 0 Å². The molecule has 5 heteroatoms. The van der Waals surface area contributed by atoms with Gasteiger partial charge in [0.2, 0.25) is 5.91 Å². The van der Waals surface area contributed by atoms with Crippen LogP contribution in [0.4, 0.5) is 0 Å². The monoisotopic (exact) mass is 331 g/mol. The van der Waals surface area contributed by atoms with Crippen molar-refractivity contribution >= 4 is 5.91 Å². The number of pyridine rings is 1. The Balaban J connectivity index is 1.40. The Morgan fingerprint density at radius 3 is 3.08 bits per heavy atom. The van der Waals surface area contributed by atoms with Crippen LogP contribution in [0.3, 0.4) is 0 Å². The molecular formula is C19H29N3O2. The fourth-order valence-corrected chi connectivity index (χ4v) is 3.81. The van der Waals surface area contributed by atoms with E-state index in [1.165, 1.54) is 12.0 Å². The lowest BCUT2D eigenvalue weighted by Gasteiger charge is -2.25. The molecule has 1 amide bonds. The van der Waals surface area contributed by atoms with Gasteiger partial charge in [0.25, 0.3) is 0 Å². The molecule has 0 bridgehead atoms. The molecule has 0 radical (unpaired) electrons. The van der Waals surface area contributed by atoms with E-state index in [2.05, 4.69) is 23.0 Å². The standard InChI is InChI=1S/C19H29N3O2/c1-21(13-16-5-4-8-20-12-16)14-17-7-9-22(15-17)19(23)11-18-6-2-3-10-24-18/h4-5,8,12,17-18H,2-3,6-7,9-11,13-15H2,1H3. The van der Waals surface area contributed by atoms with Crippen molar-refractivity contribution < 1.29 is 9.53 Å². The Morgan fingerprint density at radius 1 is 1.42 bits per heavy atom. The highest BCUT2D eigenvalue weighted by Crippen LogP contribution is 2.21. The van der Waals surface area contributed by atoms with Crippen LogP contribution >= 0.6 is 0 Å². The van der Waals surface area contributed by atoms with Crippen LogP contribution in [-0.4, -0.2) is 60.1 Å². The Hall–Kier alpha value is -1.46. The van der Waals surface area contributed by atoms with Gasteiger partial charge in [-0.1, -0.05) is 6.07 Å². The summed E-state index contributed by atoms with van der Waals surface area (Å²) < 4.78 is 5.70. The molecular weight excluding hydrogens is 302 g/mol. The van der Waals surface area contributed by atoms with Gasteiger partial charge < -0.3 is 14.5 Å². The first-order valence-electron chi connectivity index (χ1n) is 9.17. The van der Waals surface area contributed by atoms with Crippen LogP contribution in [0.1, 0.15) is 37.7 Å². The van der Waals surface area contributed by atoms with E-state index in [0.717, 1.165) is 52.0 Å². The number of carbonyl (C=O) groups excluding carboxylic acids is 1. The largest absolute Gasteiger partial charge is 0.378 e. The van der Waals surface area contributed by atoms with E-state index >= 15 is 0 Å². The Bertz CT molecular complexity index is 517. The van der Waals surface area contributed by atoms with E-state index in [4.69, 9.17) is 4.74 Å². The van der Waals surface area contributed by atoms with Crippen LogP contribution in [-0.2, 0) is 16.1 Å². The van der Waals surface area contributed by atoms with Crippen molar-refractivity contribution in [2.24, 2.45) is 5.92 Å². The molecule has 2 atom stereocenters. The van der Waals surface area contributed by atoms with Crippen molar-refractivity contribution in [1.29, 1.82) is 0 Å². The molecule has 2 unspecified atom stereocenters. The van der Waals surface area contributed by atoms with Gasteiger partial charge >= 0.3 is 0 Å². The molecule has 2 aliphatic rings. The third kappa shape index (κ3) is 5.02. The number of aromatic nitrogens is 1. The lowest BCUT2D eigenvalue weighted by atomic mass is 10.1. The van der Waals surface area contributed by atoms with Gasteiger partial charge in [-0.3, -0.25) is 9.78 Å². The average Bonchev–Trinajstić information content (AvgIpc) is 3.05. The lowest BCUT2D eigenvalue weighted by molar-refractivity contribution is -0.134. The van der Waals surface area contributed by atoms with Crippen LogP contribution in [0.15, 0.2) is 24.5 Å². The number of hydrogen-bond donors (Lipinski definition) is 0. The zero-order valence-corrected chi connectivity index (χ0v) is 14.7. The summed E-state index contributed by atoms with van der Waals surface area (Å²) in [6.45, 7) is 4.55. The molecule has 3 heterocycles. The first-order valence-corrected chi connectivity index (χ1v) is 9.17. The summed E-state index contributed by atoms with van der Waals surface area (Å²) in [6.07, 6.45) is 8.92. The molecule has 1 aromatic rings. The number of likely N-dealkylation sites (tertiary alicyclic amines) is 1. The number of nitrogens with zero attached hydrogens (tertiary/aromatic N) is 3. The van der Waals surface area contributed by atoms with Gasteiger partial charge in [0.15, 0.2) is 0 Å². The highest BCUT2D eigenvalue weighted by atomic mass is 16.5. The molecule has 5 nitrogen and oxygen atoms in total. The molecule has 2 aliphatic heterocycles. The van der Waals surface area contributed by atoms with Crippen molar-refractivity contribution in [3.8, 4) is 0 Å². The van der Waals surface area contributed by atoms with Crippen molar-refractivity contribution in [2.75, 3.05) is 33.3 Å². The van der Waals surface area contributed by atoms with E-state index in [9.17, 15) is 4.79 Å². The number of carbonyl (C=O) groups is 1. The number of amides is 1. The van der Waals surface area contributed by atoms with E-state index in [-0.39, 0.29) is 12.0 Å². The van der Waals surface area contributed by atoms with Gasteiger partial charge in [-0.05, 0) is 50.3 Å². The molecule has 24 heavy (non-hydrogen) atoms. The van der Waals surface area contributed by atoms with Gasteiger partial charge in [0, 0.05) is 45.2 Å². The van der Waals surface area contributed by atoms with Crippen LogP contribution in [0, 0.1) is 5.92 Å². The van der Waals surface area contributed by atoms with E-state index in [1.54, 1.807) is 6.20 Å². The molecule has 3 rings (SSSR count). The quantitative estimate of drug-likeness (QED) is 0.802. The first-order chi connectivity index (χ1) is 11.7. The molecule has 0 saturated carbocycles. The summed E-state index contributed by atoms with van der Waals surface area (Å²) in [7, 11) is 2.15. The summed E-state index contributed by atoms with van der Waals surface area (Å²) >= 11 is 0. The highest BCUT2D eigenvalue weighted by molar-refractivity contribution is 5.77. The molecule has 0 spiro atoms. The Kier molecular flexibility index (Phi) is 6.21. The molecule has 2 saturated heterocycles. The second-order valence-electron chi connectivity index (χ2n) is 7.25. The van der Waals surface area contributed by atoms with E-state index in [1.807, 2.05) is 17.2 Å². The number of hydrogen-bond acceptors (Lipinski definition) is 4. The fourth-order valence-electron chi connectivity index (χ4n) is 3.81. The maximum absolute atomic E-state index is 12.5. The summed E-state index contributed by atoms with van der Waals surface area (Å²) in [4.78, 5) is 21.0. The maximum atomic E-state index is 12.5. The van der Waals surface area contributed by atoms with Crippen molar-refractivity contribution in [3.63, 3.8) is 0 Å². The predicted octanol–water partition coefficient (Wildman–Crippen LogP) is 2.32. The van der Waals surface area contributed by atoms with Crippen molar-refractivity contribution in [2.45, 2.75) is 44.8 Å². The summed E-state index contributed by atoms with van der Waals surface area (Å²) in [6, 6.07) is 4.09. The van der Waals surface area contributed by atoms with Gasteiger partial charge in [-0.15, -0.1) is 0 Å². The van der Waals surface area contributed by atoms with Gasteiger partial charge in [0.05, 0.1) is 12.5 Å². The predicted molar refractivity (Wildman–Crippen MR) is 93.5 cm³/mol. The first kappa shape index (κ1) is 17.4. The van der Waals surface area contributed by atoms with E-state index in [0.29, 0.717) is 12.3 Å². The average molecular weight is 331 g/mol. The lowest BCUT2D eigenvalue weighted by Crippen LogP contribution is -2.34. The molecule has 0 aliphatic carbocycles. The van der Waals surface area contributed by atoms with Gasteiger partial charge in [0.1, 0.15) is 0 Å². The van der Waals surface area contributed by atoms with Crippen molar-refractivity contribution in [3.05, 3.63) is 30.1 Å².